The zero-order chi connectivity index (χ0) is 11.3. The maximum Gasteiger partial charge on any atom is 0.0868 e. The maximum atomic E-state index is 5.76. The van der Waals surface area contributed by atoms with Gasteiger partial charge in [-0.2, -0.15) is 0 Å². The molecule has 0 spiro atoms. The highest BCUT2D eigenvalue weighted by Crippen LogP contribution is 2.16. The van der Waals surface area contributed by atoms with E-state index >= 15 is 0 Å². The van der Waals surface area contributed by atoms with Gasteiger partial charge in [0.25, 0.3) is 0 Å². The first kappa shape index (κ1) is 12.9. The topological polar surface area (TPSA) is 50.5 Å². The number of nitrogens with zero attached hydrogens (tertiary/aromatic N) is 1. The van der Waals surface area contributed by atoms with Gasteiger partial charge in [0.1, 0.15) is 0 Å². The Kier molecular flexibility index (Phi) is 5.53. The Balaban J connectivity index is 2.42. The molecule has 3 N–H and O–H groups in total. The largest absolute Gasteiger partial charge is 0.374 e. The van der Waals surface area contributed by atoms with Crippen molar-refractivity contribution in [2.75, 3.05) is 26.7 Å². The molecule has 1 aliphatic heterocycles. The molecule has 0 aromatic heterocycles. The fourth-order valence-corrected chi connectivity index (χ4v) is 1.98. The van der Waals surface area contributed by atoms with Crippen molar-refractivity contribution >= 4 is 0 Å². The van der Waals surface area contributed by atoms with E-state index in [1.807, 2.05) is 0 Å². The summed E-state index contributed by atoms with van der Waals surface area (Å²) in [6, 6.07) is 0.280. The molecule has 90 valence electrons. The van der Waals surface area contributed by atoms with Crippen molar-refractivity contribution < 1.29 is 4.74 Å². The van der Waals surface area contributed by atoms with Crippen LogP contribution in [0.15, 0.2) is 0 Å². The summed E-state index contributed by atoms with van der Waals surface area (Å²) in [5, 5.41) is 0. The lowest BCUT2D eigenvalue weighted by Gasteiger charge is -2.35. The molecule has 1 fully saturated rings. The van der Waals surface area contributed by atoms with Crippen LogP contribution in [0.4, 0.5) is 0 Å². The third-order valence-electron chi connectivity index (χ3n) is 3.31. The minimum absolute atomic E-state index is 0.239. The number of morpholine rings is 1. The number of hydrogen-bond acceptors (Lipinski definition) is 4. The first-order valence-corrected chi connectivity index (χ1v) is 5.93. The van der Waals surface area contributed by atoms with Gasteiger partial charge in [0, 0.05) is 19.1 Å². The minimum Gasteiger partial charge on any atom is -0.374 e. The SMILES string of the molecule is CCC(C)CC(NN)C1CN(C)CCO1. The molecule has 1 saturated heterocycles. The predicted octanol–water partition coefficient (Wildman–Crippen LogP) is 0.585. The van der Waals surface area contributed by atoms with Gasteiger partial charge in [0.15, 0.2) is 0 Å². The number of nitrogens with one attached hydrogen (secondary N) is 1. The molecule has 0 aromatic rings. The Bertz CT molecular complexity index is 177. The Hall–Kier alpha value is -0.160. The summed E-state index contributed by atoms with van der Waals surface area (Å²) in [4.78, 5) is 2.30. The van der Waals surface area contributed by atoms with Crippen molar-refractivity contribution in [1.82, 2.24) is 10.3 Å². The van der Waals surface area contributed by atoms with E-state index in [4.69, 9.17) is 10.6 Å². The summed E-state index contributed by atoms with van der Waals surface area (Å²) < 4.78 is 5.76. The van der Waals surface area contributed by atoms with Gasteiger partial charge < -0.3 is 9.64 Å². The quantitative estimate of drug-likeness (QED) is 0.520. The molecule has 1 heterocycles. The maximum absolute atomic E-state index is 5.76. The van der Waals surface area contributed by atoms with E-state index < -0.39 is 0 Å². The highest BCUT2D eigenvalue weighted by atomic mass is 16.5. The van der Waals surface area contributed by atoms with Crippen LogP contribution in [0.2, 0.25) is 0 Å². The Morgan fingerprint density at radius 1 is 1.60 bits per heavy atom. The number of hydrazine groups is 1. The second-order valence-corrected chi connectivity index (χ2v) is 4.69. The van der Waals surface area contributed by atoms with Crippen LogP contribution in [0.25, 0.3) is 0 Å². The second-order valence-electron chi connectivity index (χ2n) is 4.69. The number of hydrogen-bond donors (Lipinski definition) is 2. The smallest absolute Gasteiger partial charge is 0.0868 e. The molecule has 1 aliphatic rings. The third kappa shape index (κ3) is 4.07. The van der Waals surface area contributed by atoms with Crippen molar-refractivity contribution in [3.8, 4) is 0 Å². The molecule has 0 aromatic carbocycles. The highest BCUT2D eigenvalue weighted by molar-refractivity contribution is 4.81. The molecule has 0 saturated carbocycles. The number of nitrogens with two attached hydrogens (primary N) is 1. The lowest BCUT2D eigenvalue weighted by molar-refractivity contribution is -0.0422. The van der Waals surface area contributed by atoms with Crippen molar-refractivity contribution in [3.63, 3.8) is 0 Å². The van der Waals surface area contributed by atoms with Gasteiger partial charge in [-0.25, -0.2) is 0 Å². The first-order valence-electron chi connectivity index (χ1n) is 5.93. The van der Waals surface area contributed by atoms with Crippen molar-refractivity contribution in [2.45, 2.75) is 38.8 Å². The van der Waals surface area contributed by atoms with E-state index in [1.54, 1.807) is 0 Å². The van der Waals surface area contributed by atoms with Gasteiger partial charge in [-0.15, -0.1) is 0 Å². The predicted molar refractivity (Wildman–Crippen MR) is 62.4 cm³/mol. The summed E-state index contributed by atoms with van der Waals surface area (Å²) in [6.45, 7) is 7.30. The zero-order valence-corrected chi connectivity index (χ0v) is 10.2. The van der Waals surface area contributed by atoms with Gasteiger partial charge in [0.05, 0.1) is 12.7 Å². The van der Waals surface area contributed by atoms with Crippen LogP contribution >= 0.6 is 0 Å². The van der Waals surface area contributed by atoms with Crippen LogP contribution < -0.4 is 11.3 Å². The van der Waals surface area contributed by atoms with Crippen LogP contribution in [0, 0.1) is 5.92 Å². The lowest BCUT2D eigenvalue weighted by Crippen LogP contribution is -2.53. The number of ether oxygens (including phenoxy) is 1. The van der Waals surface area contributed by atoms with Crippen molar-refractivity contribution in [1.29, 1.82) is 0 Å². The normalized spacial score (nSPS) is 27.6. The van der Waals surface area contributed by atoms with Gasteiger partial charge in [-0.3, -0.25) is 11.3 Å². The molecule has 3 atom stereocenters. The van der Waals surface area contributed by atoms with Gasteiger partial charge in [-0.05, 0) is 19.4 Å². The lowest BCUT2D eigenvalue weighted by atomic mass is 9.95. The fraction of sp³-hybridized carbons (Fsp3) is 1.00. The molecule has 15 heavy (non-hydrogen) atoms. The molecule has 3 unspecified atom stereocenters. The van der Waals surface area contributed by atoms with E-state index in [2.05, 4.69) is 31.2 Å². The average molecular weight is 215 g/mol. The fourth-order valence-electron chi connectivity index (χ4n) is 1.98. The monoisotopic (exact) mass is 215 g/mol. The highest BCUT2D eigenvalue weighted by Gasteiger charge is 2.26. The third-order valence-corrected chi connectivity index (χ3v) is 3.31. The van der Waals surface area contributed by atoms with Crippen LogP contribution in [0.5, 0.6) is 0 Å². The summed E-state index contributed by atoms with van der Waals surface area (Å²) in [5.74, 6) is 6.30. The molecule has 4 nitrogen and oxygen atoms in total. The van der Waals surface area contributed by atoms with Gasteiger partial charge in [0.2, 0.25) is 0 Å². The van der Waals surface area contributed by atoms with E-state index in [9.17, 15) is 0 Å². The van der Waals surface area contributed by atoms with Gasteiger partial charge in [-0.1, -0.05) is 20.3 Å². The van der Waals surface area contributed by atoms with Crippen molar-refractivity contribution in [3.05, 3.63) is 0 Å². The van der Waals surface area contributed by atoms with E-state index in [1.165, 1.54) is 6.42 Å². The first-order chi connectivity index (χ1) is 7.17. The van der Waals surface area contributed by atoms with E-state index in [0.717, 1.165) is 26.1 Å². The van der Waals surface area contributed by atoms with Crippen LogP contribution in [0.3, 0.4) is 0 Å². The van der Waals surface area contributed by atoms with Crippen LogP contribution in [-0.2, 0) is 4.74 Å². The molecular formula is C11H25N3O. The Morgan fingerprint density at radius 2 is 2.33 bits per heavy atom. The Morgan fingerprint density at radius 3 is 2.87 bits per heavy atom. The van der Waals surface area contributed by atoms with Gasteiger partial charge >= 0.3 is 0 Å². The van der Waals surface area contributed by atoms with E-state index in [-0.39, 0.29) is 12.1 Å². The van der Waals surface area contributed by atoms with Crippen LogP contribution in [0.1, 0.15) is 26.7 Å². The standard InChI is InChI=1S/C11H25N3O/c1-4-9(2)7-10(13-12)11-8-14(3)5-6-15-11/h9-11,13H,4-8,12H2,1-3H3. The summed E-state index contributed by atoms with van der Waals surface area (Å²) in [7, 11) is 2.13. The molecular weight excluding hydrogens is 190 g/mol. The minimum atomic E-state index is 0.239. The van der Waals surface area contributed by atoms with Crippen molar-refractivity contribution in [2.24, 2.45) is 11.8 Å². The molecule has 0 amide bonds. The zero-order valence-electron chi connectivity index (χ0n) is 10.2. The molecule has 4 heteroatoms. The summed E-state index contributed by atoms with van der Waals surface area (Å²) in [5.41, 5.74) is 2.91. The average Bonchev–Trinajstić information content (AvgIpc) is 2.25. The number of likely N-dealkylation sites (N-methyl/N-ethyl adjacent to an activating group) is 1. The molecule has 0 radical (unpaired) electrons. The summed E-state index contributed by atoms with van der Waals surface area (Å²) in [6.07, 6.45) is 2.52. The Labute approximate surface area is 93.1 Å². The number of rotatable bonds is 5. The van der Waals surface area contributed by atoms with E-state index in [0.29, 0.717) is 5.92 Å². The molecule has 0 bridgehead atoms. The molecule has 0 aliphatic carbocycles. The summed E-state index contributed by atoms with van der Waals surface area (Å²) >= 11 is 0. The molecule has 1 rings (SSSR count). The van der Waals surface area contributed by atoms with Crippen LogP contribution in [-0.4, -0.2) is 43.8 Å². The second kappa shape index (κ2) is 6.43.